The summed E-state index contributed by atoms with van der Waals surface area (Å²) in [7, 11) is 0. The first-order valence-corrected chi connectivity index (χ1v) is 8.23. The van der Waals surface area contributed by atoms with Crippen LogP contribution in [0.1, 0.15) is 42.3 Å². The van der Waals surface area contributed by atoms with Gasteiger partial charge in [-0.3, -0.25) is 9.79 Å². The summed E-state index contributed by atoms with van der Waals surface area (Å²) in [5.41, 5.74) is 0.851. The maximum Gasteiger partial charge on any atom is 0.287 e. The van der Waals surface area contributed by atoms with Crippen molar-refractivity contribution in [1.29, 1.82) is 0 Å². The summed E-state index contributed by atoms with van der Waals surface area (Å²) in [6, 6.07) is 2.22. The molecule has 1 aromatic heterocycles. The van der Waals surface area contributed by atoms with Gasteiger partial charge in [0.15, 0.2) is 11.7 Å². The molecule has 1 heterocycles. The highest BCUT2D eigenvalue weighted by atomic mass is 16.3. The molecule has 0 aromatic carbocycles. The number of furan rings is 1. The number of aliphatic imine (C=N–C) groups is 1. The van der Waals surface area contributed by atoms with E-state index in [1.54, 1.807) is 6.07 Å². The quantitative estimate of drug-likeness (QED) is 0.311. The second kappa shape index (κ2) is 9.02. The standard InChI is InChI=1S/C17H26N4O2/c1-3-18-17(21-14-7-4-5-8-14)20-11-6-10-19-16(22)15-13(2)9-12-23-15/h4-5,9,12,14H,3,6-8,10-11H2,1-2H3,(H,19,22)(H2,18,20,21). The summed E-state index contributed by atoms with van der Waals surface area (Å²) in [5.74, 6) is 1.06. The third kappa shape index (κ3) is 5.47. The Labute approximate surface area is 137 Å². The number of hydrogen-bond donors (Lipinski definition) is 3. The zero-order chi connectivity index (χ0) is 16.5. The van der Waals surface area contributed by atoms with E-state index in [1.165, 1.54) is 6.26 Å². The fourth-order valence-electron chi connectivity index (χ4n) is 2.41. The highest BCUT2D eigenvalue weighted by Crippen LogP contribution is 2.09. The van der Waals surface area contributed by atoms with Crippen LogP contribution in [0.2, 0.25) is 0 Å². The first-order chi connectivity index (χ1) is 11.2. The summed E-state index contributed by atoms with van der Waals surface area (Å²) in [6.45, 7) is 5.98. The minimum atomic E-state index is -0.168. The van der Waals surface area contributed by atoms with Crippen LogP contribution >= 0.6 is 0 Å². The Kier molecular flexibility index (Phi) is 6.72. The molecule has 0 aliphatic heterocycles. The number of hydrogen-bond acceptors (Lipinski definition) is 3. The molecule has 1 aliphatic carbocycles. The lowest BCUT2D eigenvalue weighted by Crippen LogP contribution is -2.42. The molecule has 0 saturated carbocycles. The number of nitrogens with one attached hydrogen (secondary N) is 3. The van der Waals surface area contributed by atoms with E-state index in [-0.39, 0.29) is 5.91 Å². The van der Waals surface area contributed by atoms with E-state index in [2.05, 4.69) is 40.0 Å². The number of rotatable bonds is 7. The smallest absolute Gasteiger partial charge is 0.287 e. The highest BCUT2D eigenvalue weighted by molar-refractivity contribution is 5.92. The van der Waals surface area contributed by atoms with Crippen LogP contribution in [0.4, 0.5) is 0 Å². The van der Waals surface area contributed by atoms with Crippen LogP contribution in [0.5, 0.6) is 0 Å². The van der Waals surface area contributed by atoms with Gasteiger partial charge in [-0.2, -0.15) is 0 Å². The molecule has 1 aromatic rings. The maximum absolute atomic E-state index is 11.9. The van der Waals surface area contributed by atoms with E-state index in [1.807, 2.05) is 6.92 Å². The summed E-state index contributed by atoms with van der Waals surface area (Å²) in [4.78, 5) is 16.4. The van der Waals surface area contributed by atoms with Gasteiger partial charge in [0.1, 0.15) is 0 Å². The molecule has 0 radical (unpaired) electrons. The van der Waals surface area contributed by atoms with Gasteiger partial charge < -0.3 is 20.4 Å². The summed E-state index contributed by atoms with van der Waals surface area (Å²) < 4.78 is 5.16. The number of amides is 1. The Balaban J connectivity index is 1.69. The molecule has 3 N–H and O–H groups in total. The maximum atomic E-state index is 11.9. The Morgan fingerprint density at radius 2 is 2.13 bits per heavy atom. The van der Waals surface area contributed by atoms with Crippen molar-refractivity contribution in [3.63, 3.8) is 0 Å². The third-order valence-electron chi connectivity index (χ3n) is 3.65. The third-order valence-corrected chi connectivity index (χ3v) is 3.65. The molecule has 126 valence electrons. The zero-order valence-corrected chi connectivity index (χ0v) is 13.9. The minimum Gasteiger partial charge on any atom is -0.459 e. The molecule has 0 saturated heterocycles. The van der Waals surface area contributed by atoms with E-state index < -0.39 is 0 Å². The summed E-state index contributed by atoms with van der Waals surface area (Å²) in [6.07, 6.45) is 8.78. The van der Waals surface area contributed by atoms with Gasteiger partial charge in [-0.25, -0.2) is 0 Å². The van der Waals surface area contributed by atoms with Crippen LogP contribution in [0.3, 0.4) is 0 Å². The highest BCUT2D eigenvalue weighted by Gasteiger charge is 2.12. The second-order valence-electron chi connectivity index (χ2n) is 5.59. The number of carbonyl (C=O) groups is 1. The van der Waals surface area contributed by atoms with E-state index in [0.717, 1.165) is 37.3 Å². The fraction of sp³-hybridized carbons (Fsp3) is 0.529. The number of aryl methyl sites for hydroxylation is 1. The van der Waals surface area contributed by atoms with E-state index in [9.17, 15) is 4.79 Å². The Hall–Kier alpha value is -2.24. The van der Waals surface area contributed by atoms with Gasteiger partial charge >= 0.3 is 0 Å². The molecule has 6 nitrogen and oxygen atoms in total. The van der Waals surface area contributed by atoms with Crippen LogP contribution in [0, 0.1) is 6.92 Å². The lowest BCUT2D eigenvalue weighted by atomic mass is 10.2. The molecule has 0 fully saturated rings. The summed E-state index contributed by atoms with van der Waals surface area (Å²) in [5, 5.41) is 9.52. The largest absolute Gasteiger partial charge is 0.459 e. The Bertz CT molecular complexity index is 555. The van der Waals surface area contributed by atoms with Crippen LogP contribution in [0.15, 0.2) is 33.9 Å². The van der Waals surface area contributed by atoms with E-state index >= 15 is 0 Å². The van der Waals surface area contributed by atoms with Crippen molar-refractivity contribution < 1.29 is 9.21 Å². The molecule has 1 aliphatic rings. The molecular formula is C17H26N4O2. The number of nitrogens with zero attached hydrogens (tertiary/aromatic N) is 1. The molecule has 1 amide bonds. The van der Waals surface area contributed by atoms with Crippen LogP contribution in [-0.4, -0.2) is 37.5 Å². The normalized spacial score (nSPS) is 15.0. The predicted molar refractivity (Wildman–Crippen MR) is 91.7 cm³/mol. The monoisotopic (exact) mass is 318 g/mol. The fourth-order valence-corrected chi connectivity index (χ4v) is 2.41. The van der Waals surface area contributed by atoms with Gasteiger partial charge in [-0.15, -0.1) is 0 Å². The van der Waals surface area contributed by atoms with Crippen molar-refractivity contribution in [1.82, 2.24) is 16.0 Å². The second-order valence-corrected chi connectivity index (χ2v) is 5.59. The van der Waals surface area contributed by atoms with Gasteiger partial charge in [-0.1, -0.05) is 12.2 Å². The predicted octanol–water partition coefficient (Wildman–Crippen LogP) is 1.98. The molecule has 2 rings (SSSR count). The van der Waals surface area contributed by atoms with E-state index in [0.29, 0.717) is 24.9 Å². The molecular weight excluding hydrogens is 292 g/mol. The van der Waals surface area contributed by atoms with Crippen LogP contribution in [-0.2, 0) is 0 Å². The first kappa shape index (κ1) is 17.1. The molecule has 0 bridgehead atoms. The summed E-state index contributed by atoms with van der Waals surface area (Å²) >= 11 is 0. The van der Waals surface area contributed by atoms with Gasteiger partial charge in [-0.05, 0) is 39.2 Å². The first-order valence-electron chi connectivity index (χ1n) is 8.23. The topological polar surface area (TPSA) is 78.7 Å². The SMILES string of the molecule is CCNC(=NCCCNC(=O)c1occc1C)NC1CC=CC1. The molecule has 0 spiro atoms. The van der Waals surface area contributed by atoms with Gasteiger partial charge in [0.2, 0.25) is 0 Å². The van der Waals surface area contributed by atoms with E-state index in [4.69, 9.17) is 4.42 Å². The zero-order valence-electron chi connectivity index (χ0n) is 13.9. The molecule has 23 heavy (non-hydrogen) atoms. The lowest BCUT2D eigenvalue weighted by molar-refractivity contribution is 0.0925. The Morgan fingerprint density at radius 1 is 1.35 bits per heavy atom. The lowest BCUT2D eigenvalue weighted by Gasteiger charge is -2.16. The van der Waals surface area contributed by atoms with Crippen LogP contribution in [0.25, 0.3) is 0 Å². The van der Waals surface area contributed by atoms with Gasteiger partial charge in [0.25, 0.3) is 5.91 Å². The van der Waals surface area contributed by atoms with Crippen molar-refractivity contribution in [3.8, 4) is 0 Å². The van der Waals surface area contributed by atoms with Crippen molar-refractivity contribution in [2.24, 2.45) is 4.99 Å². The van der Waals surface area contributed by atoms with Gasteiger partial charge in [0.05, 0.1) is 6.26 Å². The van der Waals surface area contributed by atoms with Crippen molar-refractivity contribution in [2.75, 3.05) is 19.6 Å². The number of guanidine groups is 1. The Morgan fingerprint density at radius 3 is 2.78 bits per heavy atom. The minimum absolute atomic E-state index is 0.168. The average molecular weight is 318 g/mol. The van der Waals surface area contributed by atoms with Crippen molar-refractivity contribution in [2.45, 2.75) is 39.2 Å². The van der Waals surface area contributed by atoms with Crippen LogP contribution < -0.4 is 16.0 Å². The van der Waals surface area contributed by atoms with Gasteiger partial charge in [0, 0.05) is 31.2 Å². The molecule has 0 unspecified atom stereocenters. The number of carbonyl (C=O) groups excluding carboxylic acids is 1. The average Bonchev–Trinajstić information content (AvgIpc) is 3.18. The van der Waals surface area contributed by atoms with Crippen molar-refractivity contribution >= 4 is 11.9 Å². The van der Waals surface area contributed by atoms with Crippen molar-refractivity contribution in [3.05, 3.63) is 35.8 Å². The molecule has 0 atom stereocenters. The molecule has 6 heteroatoms.